The van der Waals surface area contributed by atoms with E-state index < -0.39 is 0 Å². The number of hydrogen-bond acceptors (Lipinski definition) is 4. The zero-order valence-electron chi connectivity index (χ0n) is 11.2. The number of carbonyl (C=O) groups excluding carboxylic acids is 1. The van der Waals surface area contributed by atoms with Gasteiger partial charge in [0.1, 0.15) is 0 Å². The first kappa shape index (κ1) is 13.1. The van der Waals surface area contributed by atoms with Crippen LogP contribution in [0.5, 0.6) is 0 Å². The summed E-state index contributed by atoms with van der Waals surface area (Å²) in [7, 11) is 0. The third-order valence-electron chi connectivity index (χ3n) is 3.89. The molecule has 2 aliphatic rings. The Morgan fingerprint density at radius 2 is 2.21 bits per heavy atom. The summed E-state index contributed by atoms with van der Waals surface area (Å²) in [6.45, 7) is 6.00. The Bertz CT molecular complexity index is 430. The Balaban J connectivity index is 1.45. The fourth-order valence-corrected chi connectivity index (χ4v) is 3.96. The Labute approximate surface area is 118 Å². The predicted octanol–water partition coefficient (Wildman–Crippen LogP) is 0.872. The van der Waals surface area contributed by atoms with Gasteiger partial charge in [-0.3, -0.25) is 9.69 Å². The molecule has 5 heteroatoms. The number of fused-ring (bicyclic) bond motifs is 1. The van der Waals surface area contributed by atoms with Crippen LogP contribution in [0.25, 0.3) is 0 Å². The first-order valence-electron chi connectivity index (χ1n) is 7.16. The van der Waals surface area contributed by atoms with Crippen LogP contribution in [0.3, 0.4) is 0 Å². The second-order valence-corrected chi connectivity index (χ2v) is 6.40. The van der Waals surface area contributed by atoms with Crippen LogP contribution in [0.2, 0.25) is 0 Å². The Morgan fingerprint density at radius 1 is 1.37 bits per heavy atom. The summed E-state index contributed by atoms with van der Waals surface area (Å²) in [5.74, 6) is 0.106. The highest BCUT2D eigenvalue weighted by Crippen LogP contribution is 2.30. The van der Waals surface area contributed by atoms with E-state index in [4.69, 9.17) is 0 Å². The number of hydrogen-bond donors (Lipinski definition) is 2. The van der Waals surface area contributed by atoms with Gasteiger partial charge in [0.15, 0.2) is 0 Å². The molecule has 1 aromatic heterocycles. The van der Waals surface area contributed by atoms with Crippen molar-refractivity contribution >= 4 is 17.2 Å². The molecular weight excluding hydrogens is 258 g/mol. The lowest BCUT2D eigenvalue weighted by Crippen LogP contribution is -2.46. The minimum atomic E-state index is 0.106. The Morgan fingerprint density at radius 3 is 3.00 bits per heavy atom. The van der Waals surface area contributed by atoms with Crippen LogP contribution in [0.15, 0.2) is 6.07 Å². The molecule has 104 valence electrons. The van der Waals surface area contributed by atoms with Gasteiger partial charge in [-0.15, -0.1) is 11.3 Å². The quantitative estimate of drug-likeness (QED) is 0.860. The number of amides is 1. The van der Waals surface area contributed by atoms with Crippen molar-refractivity contribution in [3.8, 4) is 0 Å². The molecule has 3 rings (SSSR count). The highest BCUT2D eigenvalue weighted by atomic mass is 32.1. The van der Waals surface area contributed by atoms with Gasteiger partial charge in [0.25, 0.3) is 5.91 Å². The van der Waals surface area contributed by atoms with Crippen molar-refractivity contribution in [3.63, 3.8) is 0 Å². The molecule has 1 fully saturated rings. The van der Waals surface area contributed by atoms with E-state index in [1.54, 1.807) is 11.3 Å². The summed E-state index contributed by atoms with van der Waals surface area (Å²) < 4.78 is 0. The SMILES string of the molecule is O=C(NCCN1CCNCC1)c1cc2c(s1)CCC2. The predicted molar refractivity (Wildman–Crippen MR) is 78.0 cm³/mol. The highest BCUT2D eigenvalue weighted by Gasteiger charge is 2.18. The average Bonchev–Trinajstić information content (AvgIpc) is 3.00. The Hall–Kier alpha value is -0.910. The summed E-state index contributed by atoms with van der Waals surface area (Å²) >= 11 is 1.68. The molecule has 0 saturated carbocycles. The number of piperazine rings is 1. The van der Waals surface area contributed by atoms with Crippen LogP contribution in [-0.2, 0) is 12.8 Å². The van der Waals surface area contributed by atoms with E-state index in [9.17, 15) is 4.79 Å². The van der Waals surface area contributed by atoms with Crippen LogP contribution in [0, 0.1) is 0 Å². The van der Waals surface area contributed by atoms with Crippen molar-refractivity contribution in [1.82, 2.24) is 15.5 Å². The van der Waals surface area contributed by atoms with Crippen LogP contribution in [0.4, 0.5) is 0 Å². The maximum atomic E-state index is 12.1. The van der Waals surface area contributed by atoms with Gasteiger partial charge < -0.3 is 10.6 Å². The largest absolute Gasteiger partial charge is 0.350 e. The number of aryl methyl sites for hydroxylation is 2. The van der Waals surface area contributed by atoms with Gasteiger partial charge in [0, 0.05) is 44.1 Å². The van der Waals surface area contributed by atoms with Gasteiger partial charge in [0.05, 0.1) is 4.88 Å². The van der Waals surface area contributed by atoms with Crippen molar-refractivity contribution in [1.29, 1.82) is 0 Å². The second kappa shape index (κ2) is 6.03. The molecule has 0 radical (unpaired) electrons. The topological polar surface area (TPSA) is 44.4 Å². The van der Waals surface area contributed by atoms with E-state index in [0.29, 0.717) is 0 Å². The van der Waals surface area contributed by atoms with Crippen molar-refractivity contribution in [3.05, 3.63) is 21.4 Å². The summed E-state index contributed by atoms with van der Waals surface area (Å²) in [4.78, 5) is 16.8. The van der Waals surface area contributed by atoms with E-state index in [1.165, 1.54) is 16.9 Å². The lowest BCUT2D eigenvalue weighted by molar-refractivity contribution is 0.0951. The summed E-state index contributed by atoms with van der Waals surface area (Å²) in [5.41, 5.74) is 1.40. The second-order valence-electron chi connectivity index (χ2n) is 5.26. The molecule has 4 nitrogen and oxygen atoms in total. The normalized spacial score (nSPS) is 19.4. The standard InChI is InChI=1S/C14H21N3OS/c18-14(13-10-11-2-1-3-12(11)19-13)16-6-9-17-7-4-15-5-8-17/h10,15H,1-9H2,(H,16,18). The van der Waals surface area contributed by atoms with Gasteiger partial charge >= 0.3 is 0 Å². The molecule has 1 saturated heterocycles. The average molecular weight is 279 g/mol. The molecule has 0 aromatic carbocycles. The first-order valence-corrected chi connectivity index (χ1v) is 7.97. The number of carbonyl (C=O) groups is 1. The molecule has 0 spiro atoms. The van der Waals surface area contributed by atoms with Gasteiger partial charge in [-0.25, -0.2) is 0 Å². The zero-order chi connectivity index (χ0) is 13.1. The number of nitrogens with zero attached hydrogens (tertiary/aromatic N) is 1. The smallest absolute Gasteiger partial charge is 0.261 e. The number of thiophene rings is 1. The van der Waals surface area contributed by atoms with Crippen LogP contribution in [-0.4, -0.2) is 50.1 Å². The van der Waals surface area contributed by atoms with Crippen molar-refractivity contribution in [2.45, 2.75) is 19.3 Å². The number of rotatable bonds is 4. The lowest BCUT2D eigenvalue weighted by Gasteiger charge is -2.27. The third kappa shape index (κ3) is 3.16. The van der Waals surface area contributed by atoms with E-state index in [0.717, 1.165) is 57.0 Å². The maximum Gasteiger partial charge on any atom is 0.261 e. The lowest BCUT2D eigenvalue weighted by atomic mass is 10.2. The van der Waals surface area contributed by atoms with Gasteiger partial charge in [0.2, 0.25) is 0 Å². The summed E-state index contributed by atoms with van der Waals surface area (Å²) in [5, 5.41) is 6.38. The summed E-state index contributed by atoms with van der Waals surface area (Å²) in [6, 6.07) is 2.09. The zero-order valence-corrected chi connectivity index (χ0v) is 12.0. The van der Waals surface area contributed by atoms with E-state index in [1.807, 2.05) is 0 Å². The van der Waals surface area contributed by atoms with Crippen LogP contribution >= 0.6 is 11.3 Å². The molecule has 0 bridgehead atoms. The highest BCUT2D eigenvalue weighted by molar-refractivity contribution is 7.14. The minimum Gasteiger partial charge on any atom is -0.350 e. The van der Waals surface area contributed by atoms with Gasteiger partial charge in [-0.05, 0) is 30.9 Å². The summed E-state index contributed by atoms with van der Waals surface area (Å²) in [6.07, 6.45) is 3.57. The molecular formula is C14H21N3OS. The van der Waals surface area contributed by atoms with Gasteiger partial charge in [-0.1, -0.05) is 0 Å². The molecule has 1 aliphatic heterocycles. The third-order valence-corrected chi connectivity index (χ3v) is 5.13. The molecule has 1 aliphatic carbocycles. The minimum absolute atomic E-state index is 0.106. The van der Waals surface area contributed by atoms with Gasteiger partial charge in [-0.2, -0.15) is 0 Å². The van der Waals surface area contributed by atoms with Crippen molar-refractivity contribution in [2.24, 2.45) is 0 Å². The van der Waals surface area contributed by atoms with Crippen molar-refractivity contribution in [2.75, 3.05) is 39.3 Å². The fourth-order valence-electron chi connectivity index (χ4n) is 2.79. The first-order chi connectivity index (χ1) is 9.33. The van der Waals surface area contributed by atoms with Crippen LogP contribution in [0.1, 0.15) is 26.5 Å². The van der Waals surface area contributed by atoms with Crippen molar-refractivity contribution < 1.29 is 4.79 Å². The molecule has 1 aromatic rings. The van der Waals surface area contributed by atoms with E-state index >= 15 is 0 Å². The molecule has 0 unspecified atom stereocenters. The molecule has 0 atom stereocenters. The van der Waals surface area contributed by atoms with Crippen LogP contribution < -0.4 is 10.6 Å². The number of nitrogens with one attached hydrogen (secondary N) is 2. The van der Waals surface area contributed by atoms with E-state index in [-0.39, 0.29) is 5.91 Å². The fraction of sp³-hybridized carbons (Fsp3) is 0.643. The van der Waals surface area contributed by atoms with E-state index in [2.05, 4.69) is 21.6 Å². The monoisotopic (exact) mass is 279 g/mol. The molecule has 1 amide bonds. The molecule has 2 N–H and O–H groups in total. The maximum absolute atomic E-state index is 12.1. The Kier molecular flexibility index (Phi) is 4.15. The molecule has 2 heterocycles. The molecule has 19 heavy (non-hydrogen) atoms.